The lowest BCUT2D eigenvalue weighted by molar-refractivity contribution is 0.572. The minimum absolute atomic E-state index is 0.0208. The molecule has 0 saturated carbocycles. The van der Waals surface area contributed by atoms with Crippen molar-refractivity contribution >= 4 is 0 Å². The van der Waals surface area contributed by atoms with Crippen LogP contribution in [0, 0.1) is 23.3 Å². The zero-order valence-corrected chi connectivity index (χ0v) is 43.5. The first kappa shape index (κ1) is 57.8. The number of benzene rings is 5. The number of hydrogen-bond donors (Lipinski definition) is 0. The van der Waals surface area contributed by atoms with Gasteiger partial charge in [0, 0.05) is 0 Å². The molecule has 0 saturated heterocycles. The predicted molar refractivity (Wildman–Crippen MR) is 273 cm³/mol. The Labute approximate surface area is 389 Å². The lowest BCUT2D eigenvalue weighted by Gasteiger charge is -2.12. The van der Waals surface area contributed by atoms with Crippen molar-refractivity contribution in [3.8, 4) is 0 Å². The molecule has 64 heavy (non-hydrogen) atoms. The predicted octanol–water partition coefficient (Wildman–Crippen LogP) is 20.2. The zero-order chi connectivity index (χ0) is 49.2. The molecule has 5 aromatic carbocycles. The molecule has 5 rings (SSSR count). The average molecular weight is 883 g/mol. The Morgan fingerprint density at radius 2 is 0.516 bits per heavy atom. The Balaban J connectivity index is 0.000000400. The summed E-state index contributed by atoms with van der Waals surface area (Å²) >= 11 is 0. The van der Waals surface area contributed by atoms with Gasteiger partial charge >= 0.3 is 0 Å². The van der Waals surface area contributed by atoms with Crippen molar-refractivity contribution in [2.24, 2.45) is 0 Å². The van der Waals surface area contributed by atoms with E-state index < -0.39 is 0 Å². The quantitative estimate of drug-likeness (QED) is 0.123. The van der Waals surface area contributed by atoms with Crippen molar-refractivity contribution < 1.29 is 17.6 Å². The molecule has 0 amide bonds. The second kappa shape index (κ2) is 28.0. The fourth-order valence-electron chi connectivity index (χ4n) is 6.77. The molecule has 0 N–H and O–H groups in total. The summed E-state index contributed by atoms with van der Waals surface area (Å²) < 4.78 is 53.5. The summed E-state index contributed by atoms with van der Waals surface area (Å²) in [5.74, 6) is 3.76. The van der Waals surface area contributed by atoms with Crippen molar-refractivity contribution in [2.75, 3.05) is 0 Å². The molecule has 0 radical (unpaired) electrons. The molecule has 354 valence electrons. The minimum Gasteiger partial charge on any atom is -0.207 e. The van der Waals surface area contributed by atoms with E-state index in [0.29, 0.717) is 35.5 Å². The van der Waals surface area contributed by atoms with E-state index >= 15 is 0 Å². The fourth-order valence-corrected chi connectivity index (χ4v) is 6.77. The Morgan fingerprint density at radius 1 is 0.250 bits per heavy atom. The molecular weight excluding hydrogens is 797 g/mol. The highest BCUT2D eigenvalue weighted by atomic mass is 19.1. The van der Waals surface area contributed by atoms with Crippen LogP contribution in [0.5, 0.6) is 0 Å². The van der Waals surface area contributed by atoms with E-state index in [1.807, 2.05) is 97.9 Å². The van der Waals surface area contributed by atoms with Gasteiger partial charge in [-0.15, -0.1) is 0 Å². The molecular formula is C60H86F4. The summed E-state index contributed by atoms with van der Waals surface area (Å²) in [6.07, 6.45) is 0. The smallest absolute Gasteiger partial charge is 0.130 e. The van der Waals surface area contributed by atoms with Crippen LogP contribution in [0.3, 0.4) is 0 Å². The molecule has 0 aliphatic heterocycles. The maximum absolute atomic E-state index is 13.8. The summed E-state index contributed by atoms with van der Waals surface area (Å²) in [6.45, 7) is 41.9. The van der Waals surface area contributed by atoms with Gasteiger partial charge in [-0.3, -0.25) is 0 Å². The van der Waals surface area contributed by atoms with Crippen molar-refractivity contribution in [1.82, 2.24) is 0 Å². The van der Waals surface area contributed by atoms with Crippen molar-refractivity contribution in [1.29, 1.82) is 0 Å². The summed E-state index contributed by atoms with van der Waals surface area (Å²) in [4.78, 5) is 0. The Hall–Kier alpha value is -4.18. The van der Waals surface area contributed by atoms with Gasteiger partial charge in [0.15, 0.2) is 0 Å². The van der Waals surface area contributed by atoms with E-state index in [4.69, 9.17) is 0 Å². The van der Waals surface area contributed by atoms with Gasteiger partial charge in [-0.2, -0.15) is 0 Å². The van der Waals surface area contributed by atoms with Crippen molar-refractivity contribution in [3.05, 3.63) is 176 Å². The van der Waals surface area contributed by atoms with Crippen LogP contribution < -0.4 is 0 Å². The van der Waals surface area contributed by atoms with Crippen LogP contribution in [0.2, 0.25) is 0 Å². The third-order valence-electron chi connectivity index (χ3n) is 11.4. The summed E-state index contributed by atoms with van der Waals surface area (Å²) in [6, 6.07) is 30.7. The van der Waals surface area contributed by atoms with Crippen molar-refractivity contribution in [2.45, 2.75) is 198 Å². The molecule has 0 aromatic heterocycles. The number of rotatable bonds is 10. The Kier molecular flexibility index (Phi) is 25.3. The highest BCUT2D eigenvalue weighted by Crippen LogP contribution is 2.28. The molecule has 0 atom stereocenters. The van der Waals surface area contributed by atoms with Gasteiger partial charge in [0.05, 0.1) is 0 Å². The van der Waals surface area contributed by atoms with E-state index in [0.717, 1.165) is 33.4 Å². The van der Waals surface area contributed by atoms with Crippen LogP contribution in [0.1, 0.15) is 253 Å². The second-order valence-electron chi connectivity index (χ2n) is 20.3. The average Bonchev–Trinajstić information content (AvgIpc) is 3.21. The lowest BCUT2D eigenvalue weighted by atomic mass is 9.95. The SMILES string of the molecule is CC(C)c1cc(F)cc(C(C)C)c1.CC(C)c1ccc(F)c(C(C)C)c1.CC(C)c1ccc(F)c(C(C)C)c1.CC(C)c1cccc(C(C)C)c1.CC(C)c1cccc(C(C)C)c1F. The molecule has 4 heteroatoms. The Morgan fingerprint density at radius 3 is 0.797 bits per heavy atom. The van der Waals surface area contributed by atoms with Crippen LogP contribution in [-0.4, -0.2) is 0 Å². The van der Waals surface area contributed by atoms with Gasteiger partial charge in [0.1, 0.15) is 23.3 Å². The van der Waals surface area contributed by atoms with Crippen LogP contribution in [0.25, 0.3) is 0 Å². The topological polar surface area (TPSA) is 0 Å². The fraction of sp³-hybridized carbons (Fsp3) is 0.500. The van der Waals surface area contributed by atoms with E-state index in [-0.39, 0.29) is 46.9 Å². The molecule has 0 heterocycles. The first-order valence-corrected chi connectivity index (χ1v) is 24.0. The maximum atomic E-state index is 13.8. The molecule has 0 nitrogen and oxygen atoms in total. The minimum atomic E-state index is -0.116. The molecule has 0 aliphatic carbocycles. The maximum Gasteiger partial charge on any atom is 0.130 e. The monoisotopic (exact) mass is 883 g/mol. The summed E-state index contributed by atoms with van der Waals surface area (Å²) in [7, 11) is 0. The van der Waals surface area contributed by atoms with Crippen LogP contribution in [0.4, 0.5) is 17.6 Å². The summed E-state index contributed by atoms with van der Waals surface area (Å²) in [5, 5.41) is 0. The highest BCUT2D eigenvalue weighted by Gasteiger charge is 2.13. The van der Waals surface area contributed by atoms with Gasteiger partial charge < -0.3 is 0 Å². The van der Waals surface area contributed by atoms with Gasteiger partial charge in [0.25, 0.3) is 0 Å². The van der Waals surface area contributed by atoms with E-state index in [9.17, 15) is 17.6 Å². The number of halogens is 4. The van der Waals surface area contributed by atoms with E-state index in [1.54, 1.807) is 24.3 Å². The molecule has 0 unspecified atom stereocenters. The highest BCUT2D eigenvalue weighted by molar-refractivity contribution is 5.32. The van der Waals surface area contributed by atoms with Gasteiger partial charge in [-0.1, -0.05) is 211 Å². The lowest BCUT2D eigenvalue weighted by Crippen LogP contribution is -1.99. The normalized spacial score (nSPS) is 11.3. The number of hydrogen-bond acceptors (Lipinski definition) is 0. The molecule has 0 aliphatic rings. The zero-order valence-electron chi connectivity index (χ0n) is 43.5. The largest absolute Gasteiger partial charge is 0.207 e. The van der Waals surface area contributed by atoms with E-state index in [1.165, 1.54) is 22.3 Å². The molecule has 5 aromatic rings. The van der Waals surface area contributed by atoms with Crippen LogP contribution in [0.15, 0.2) is 97.1 Å². The van der Waals surface area contributed by atoms with E-state index in [2.05, 4.69) is 113 Å². The van der Waals surface area contributed by atoms with Crippen LogP contribution >= 0.6 is 0 Å². The Bertz CT molecular complexity index is 1950. The third kappa shape index (κ3) is 19.5. The molecule has 0 spiro atoms. The third-order valence-corrected chi connectivity index (χ3v) is 11.4. The summed E-state index contributed by atoms with van der Waals surface area (Å²) in [5.41, 5.74) is 10.8. The van der Waals surface area contributed by atoms with Gasteiger partial charge in [-0.05, 0) is 139 Å². The van der Waals surface area contributed by atoms with Crippen LogP contribution in [-0.2, 0) is 0 Å². The van der Waals surface area contributed by atoms with Gasteiger partial charge in [0.2, 0.25) is 0 Å². The first-order chi connectivity index (χ1) is 29.7. The van der Waals surface area contributed by atoms with Crippen molar-refractivity contribution in [3.63, 3.8) is 0 Å². The molecule has 0 bridgehead atoms. The first-order valence-electron chi connectivity index (χ1n) is 24.0. The molecule has 0 fully saturated rings. The van der Waals surface area contributed by atoms with Gasteiger partial charge in [-0.25, -0.2) is 17.6 Å². The standard InChI is InChI=1S/4C12H17F.C12H18/c1-8(2)10-5-11(9(3)4)7-12(13)6-10;2*1-8(2)10-5-6-12(13)11(7-10)9(3)4;1-8(2)10-6-5-7-11(9(3)4)12(10)13;1-9(2)11-6-5-7-12(8-11)10(3)4/h4*5-9H,1-4H3;5-10H,1-4H3. The second-order valence-corrected chi connectivity index (χ2v) is 20.3.